The lowest BCUT2D eigenvalue weighted by molar-refractivity contribution is -0.141. The maximum Gasteiger partial charge on any atom is 0.339 e. The molecule has 5 aliphatic rings. The quantitative estimate of drug-likeness (QED) is 0.150. The number of methoxy groups -OCH3 is 2. The van der Waals surface area contributed by atoms with Crippen molar-refractivity contribution in [1.29, 1.82) is 0 Å². The van der Waals surface area contributed by atoms with Gasteiger partial charge in [0, 0.05) is 73.1 Å². The molecule has 12 nitrogen and oxygen atoms in total. The Hall–Kier alpha value is -6.43. The molecule has 2 aromatic heterocycles. The zero-order valence-electron chi connectivity index (χ0n) is 39.1. The molecule has 10 rings (SSSR count). The van der Waals surface area contributed by atoms with Gasteiger partial charge in [0.15, 0.2) is 0 Å². The summed E-state index contributed by atoms with van der Waals surface area (Å²) >= 11 is 0. The van der Waals surface area contributed by atoms with Gasteiger partial charge in [-0.25, -0.2) is 9.59 Å². The van der Waals surface area contributed by atoms with E-state index >= 15 is 0 Å². The molecule has 0 bridgehead atoms. The van der Waals surface area contributed by atoms with Crippen molar-refractivity contribution >= 4 is 68.3 Å². The van der Waals surface area contributed by atoms with Crippen molar-refractivity contribution in [2.24, 2.45) is 10.8 Å². The lowest BCUT2D eigenvalue weighted by Gasteiger charge is -2.52. The molecular weight excluding hydrogens is 831 g/mol. The molecule has 6 atom stereocenters. The molecule has 3 amide bonds. The Bertz CT molecular complexity index is 2940. The summed E-state index contributed by atoms with van der Waals surface area (Å²) in [7, 11) is 2.83. The van der Waals surface area contributed by atoms with Crippen LogP contribution in [0.25, 0.3) is 33.0 Å². The van der Waals surface area contributed by atoms with E-state index in [-0.39, 0.29) is 17.7 Å². The monoisotopic (exact) mass is 889 g/mol. The van der Waals surface area contributed by atoms with Crippen molar-refractivity contribution in [2.75, 3.05) is 32.2 Å². The minimum Gasteiger partial charge on any atom is -0.465 e. The second-order valence-electron chi connectivity index (χ2n) is 19.1. The number of rotatable bonds is 7. The molecule has 2 fully saturated rings. The largest absolute Gasteiger partial charge is 0.465 e. The minimum atomic E-state index is -0.539. The minimum absolute atomic E-state index is 0.0295. The third-order valence-corrected chi connectivity index (χ3v) is 16.1. The zero-order valence-corrected chi connectivity index (χ0v) is 39.1. The van der Waals surface area contributed by atoms with Crippen LogP contribution >= 0.6 is 0 Å². The average Bonchev–Trinajstić information content (AvgIpc) is 3.85. The summed E-state index contributed by atoms with van der Waals surface area (Å²) in [4.78, 5) is 76.6. The first-order valence-corrected chi connectivity index (χ1v) is 23.6. The fourth-order valence-electron chi connectivity index (χ4n) is 13.3. The number of esters is 2. The fraction of sp³-hybridized carbons (Fsp3) is 0.426. The van der Waals surface area contributed by atoms with Crippen molar-refractivity contribution in [3.63, 3.8) is 0 Å². The highest BCUT2D eigenvalue weighted by atomic mass is 16.5. The van der Waals surface area contributed by atoms with Crippen molar-refractivity contribution in [3.8, 4) is 0 Å². The number of piperidine rings is 2. The number of fused-ring (bicyclic) bond motifs is 11. The Balaban J connectivity index is 1.28. The van der Waals surface area contributed by atoms with Crippen LogP contribution in [0.15, 0.2) is 84.9 Å². The smallest absolute Gasteiger partial charge is 0.339 e. The molecule has 5 aromatic rings. The fourth-order valence-corrected chi connectivity index (χ4v) is 13.3. The lowest BCUT2D eigenvalue weighted by atomic mass is 9.69. The van der Waals surface area contributed by atoms with E-state index in [9.17, 15) is 24.0 Å². The number of para-hydroxylation sites is 3. The molecule has 7 heterocycles. The summed E-state index contributed by atoms with van der Waals surface area (Å²) in [5.74, 6) is -1.51. The molecular formula is C54H59N5O7. The number of carbonyl (C=O) groups excluding carboxylic acids is 5. The van der Waals surface area contributed by atoms with E-state index in [1.807, 2.05) is 57.2 Å². The van der Waals surface area contributed by atoms with Gasteiger partial charge in [-0.15, -0.1) is 0 Å². The van der Waals surface area contributed by atoms with Crippen LogP contribution in [0.5, 0.6) is 0 Å². The van der Waals surface area contributed by atoms with E-state index in [1.165, 1.54) is 14.2 Å². The highest BCUT2D eigenvalue weighted by Gasteiger charge is 2.54. The van der Waals surface area contributed by atoms with Gasteiger partial charge in [-0.05, 0) is 86.3 Å². The predicted octanol–water partition coefficient (Wildman–Crippen LogP) is 9.11. The van der Waals surface area contributed by atoms with Crippen LogP contribution < -0.4 is 4.90 Å². The van der Waals surface area contributed by atoms with Crippen LogP contribution in [0.2, 0.25) is 0 Å². The molecule has 0 radical (unpaired) electrons. The van der Waals surface area contributed by atoms with Crippen molar-refractivity contribution < 1.29 is 33.4 Å². The second kappa shape index (κ2) is 16.2. The van der Waals surface area contributed by atoms with Crippen LogP contribution in [0.1, 0.15) is 119 Å². The maximum atomic E-state index is 14.6. The van der Waals surface area contributed by atoms with Gasteiger partial charge in [-0.1, -0.05) is 80.6 Å². The Kier molecular flexibility index (Phi) is 10.6. The number of nitrogens with zero attached hydrogens (tertiary/aromatic N) is 5. The van der Waals surface area contributed by atoms with E-state index in [0.717, 1.165) is 69.9 Å². The predicted molar refractivity (Wildman–Crippen MR) is 254 cm³/mol. The third-order valence-electron chi connectivity index (χ3n) is 16.1. The van der Waals surface area contributed by atoms with Gasteiger partial charge in [-0.3, -0.25) is 14.4 Å². The average molecular weight is 890 g/mol. The normalized spacial score (nSPS) is 25.5. The van der Waals surface area contributed by atoms with Gasteiger partial charge in [0.05, 0.1) is 47.8 Å². The van der Waals surface area contributed by atoms with Gasteiger partial charge >= 0.3 is 11.9 Å². The number of benzene rings is 3. The molecule has 66 heavy (non-hydrogen) atoms. The zero-order chi connectivity index (χ0) is 46.4. The number of carbonyl (C=O) groups is 5. The van der Waals surface area contributed by atoms with E-state index < -0.39 is 47.1 Å². The first-order valence-electron chi connectivity index (χ1n) is 23.6. The van der Waals surface area contributed by atoms with Gasteiger partial charge in [0.25, 0.3) is 0 Å². The molecule has 2 saturated heterocycles. The van der Waals surface area contributed by atoms with Crippen molar-refractivity contribution in [1.82, 2.24) is 18.9 Å². The summed E-state index contributed by atoms with van der Waals surface area (Å²) in [6, 6.07) is 23.9. The first-order chi connectivity index (χ1) is 31.8. The number of hydrogen-bond donors (Lipinski definition) is 0. The summed E-state index contributed by atoms with van der Waals surface area (Å²) in [6.45, 7) is 10.3. The summed E-state index contributed by atoms with van der Waals surface area (Å²) < 4.78 is 15.7. The number of aromatic nitrogens is 2. The van der Waals surface area contributed by atoms with Crippen LogP contribution in [-0.2, 0) is 46.3 Å². The number of ether oxygens (including phenoxy) is 2. The number of hydrogen-bond acceptors (Lipinski definition) is 7. The van der Waals surface area contributed by atoms with Crippen LogP contribution in [-0.4, -0.2) is 81.9 Å². The van der Waals surface area contributed by atoms with Crippen LogP contribution in [0, 0.1) is 10.8 Å². The number of likely N-dealkylation sites (tertiary alicyclic amines) is 2. The molecule has 3 aromatic carbocycles. The lowest BCUT2D eigenvalue weighted by Crippen LogP contribution is -2.52. The van der Waals surface area contributed by atoms with E-state index in [0.29, 0.717) is 61.3 Å². The first kappa shape index (κ1) is 43.5. The Morgan fingerprint density at radius 1 is 0.636 bits per heavy atom. The Morgan fingerprint density at radius 3 is 1.68 bits per heavy atom. The SMILES string of the molecule is CC[C@]12C=C(C(=O)OC)c3c(CC4C(c5c6n(c7ccccc57)[C@H]5N(C(C)=O)CCC[C@@]5(CC)C=C6C(=O)OC)Cc5ccccc5N4C(C)=O)c4ccccc4n3[C@H]1N(C(C)=O)CCC2. The second-order valence-corrected chi connectivity index (χ2v) is 19.1. The van der Waals surface area contributed by atoms with Crippen molar-refractivity contribution in [3.05, 3.63) is 113 Å². The molecule has 342 valence electrons. The van der Waals surface area contributed by atoms with Crippen LogP contribution in [0.4, 0.5) is 5.69 Å². The standard InChI is InChI=1S/C54H59N5O7/c1-8-53-24-16-26-55(32(3)60)51(53)58-43-22-14-11-19-36(43)38(47(58)40(30-53)49(63)65-6)29-45-39(28-35-18-10-13-21-42(35)57(45)34(5)62)46-37-20-12-15-23-44(37)59-48(46)41(50(64)66-7)31-54(9-2)25-17-27-56(33(4)61)52(54)59/h10-15,18-23,30-31,39,45,51-52H,8-9,16-17,24-29H2,1-7H3/t39?,45?,51-,52-,53+,54+/m1/s1. The van der Waals surface area contributed by atoms with E-state index in [4.69, 9.17) is 9.47 Å². The molecule has 5 aliphatic heterocycles. The highest BCUT2D eigenvalue weighted by molar-refractivity contribution is 6.19. The number of anilines is 1. The van der Waals surface area contributed by atoms with Gasteiger partial charge < -0.3 is 33.3 Å². The Morgan fingerprint density at radius 2 is 1.14 bits per heavy atom. The van der Waals surface area contributed by atoms with Crippen LogP contribution in [0.3, 0.4) is 0 Å². The molecule has 2 unspecified atom stereocenters. The summed E-state index contributed by atoms with van der Waals surface area (Å²) in [6.07, 6.45) is 8.84. The van der Waals surface area contributed by atoms with Crippen molar-refractivity contribution in [2.45, 2.75) is 110 Å². The van der Waals surface area contributed by atoms with E-state index in [2.05, 4.69) is 65.5 Å². The molecule has 0 N–H and O–H groups in total. The molecule has 12 heteroatoms. The third kappa shape index (κ3) is 6.19. The summed E-state index contributed by atoms with van der Waals surface area (Å²) in [5, 5.41) is 1.86. The van der Waals surface area contributed by atoms with E-state index in [1.54, 1.807) is 20.8 Å². The summed E-state index contributed by atoms with van der Waals surface area (Å²) in [5.41, 5.74) is 6.64. The van der Waals surface area contributed by atoms with Gasteiger partial charge in [-0.2, -0.15) is 0 Å². The molecule has 0 saturated carbocycles. The topological polar surface area (TPSA) is 123 Å². The maximum absolute atomic E-state index is 14.6. The highest BCUT2D eigenvalue weighted by Crippen LogP contribution is 2.58. The van der Waals surface area contributed by atoms with Gasteiger partial charge in [0.2, 0.25) is 17.7 Å². The van der Waals surface area contributed by atoms with Gasteiger partial charge in [0.1, 0.15) is 12.3 Å². The molecule has 0 spiro atoms. The molecule has 0 aliphatic carbocycles. The number of amides is 3. The Labute approximate surface area is 385 Å².